The van der Waals surface area contributed by atoms with Crippen LogP contribution in [0.3, 0.4) is 0 Å². The predicted molar refractivity (Wildman–Crippen MR) is 60.9 cm³/mol. The first-order chi connectivity index (χ1) is 6.86. The van der Waals surface area contributed by atoms with Crippen LogP contribution >= 0.6 is 0 Å². The summed E-state index contributed by atoms with van der Waals surface area (Å²) in [5.74, 6) is 0. The Kier molecular flexibility index (Phi) is 2.48. The molecule has 1 aromatic carbocycles. The molecule has 0 fully saturated rings. The van der Waals surface area contributed by atoms with E-state index in [2.05, 4.69) is 49.1 Å². The van der Waals surface area contributed by atoms with Gasteiger partial charge in [0.1, 0.15) is 0 Å². The molecule has 0 unspecified atom stereocenters. The normalized spacial score (nSPS) is 13.9. The van der Waals surface area contributed by atoms with Crippen LogP contribution in [0.1, 0.15) is 11.1 Å². The van der Waals surface area contributed by atoms with Crippen LogP contribution in [-0.4, -0.2) is 0 Å². The minimum atomic E-state index is 1.23. The van der Waals surface area contributed by atoms with E-state index < -0.39 is 0 Å². The highest BCUT2D eigenvalue weighted by Gasteiger charge is 1.96. The maximum Gasteiger partial charge on any atom is -0.0178 e. The lowest BCUT2D eigenvalue weighted by Gasteiger charge is -2.01. The lowest BCUT2D eigenvalue weighted by Crippen LogP contribution is -1.80. The summed E-state index contributed by atoms with van der Waals surface area (Å²) in [5.41, 5.74) is 6.82. The molecular weight excluding hydrogens is 168 g/mol. The SMILES string of the molecule is Cc1ccc(C2=CC=C=CC=C2)cc1. The van der Waals surface area contributed by atoms with Gasteiger partial charge in [0.05, 0.1) is 0 Å². The zero-order valence-corrected chi connectivity index (χ0v) is 8.20. The molecule has 0 bridgehead atoms. The standard InChI is InChI=1S/C14H12/c1-12-8-10-14(11-9-12)13-6-4-2-3-5-7-13/h2,4-11H,1H3. The Morgan fingerprint density at radius 1 is 1.00 bits per heavy atom. The van der Waals surface area contributed by atoms with Gasteiger partial charge in [-0.3, -0.25) is 0 Å². The maximum atomic E-state index is 3.05. The van der Waals surface area contributed by atoms with Crippen LogP contribution in [0, 0.1) is 6.92 Å². The summed E-state index contributed by atoms with van der Waals surface area (Å²) >= 11 is 0. The summed E-state index contributed by atoms with van der Waals surface area (Å²) in [7, 11) is 0. The Bertz CT molecular complexity index is 435. The Labute approximate surface area is 84.6 Å². The van der Waals surface area contributed by atoms with Gasteiger partial charge in [0.15, 0.2) is 0 Å². The van der Waals surface area contributed by atoms with Crippen LogP contribution in [0.5, 0.6) is 0 Å². The average Bonchev–Trinajstić information content (AvgIpc) is 2.47. The highest BCUT2D eigenvalue weighted by molar-refractivity contribution is 5.76. The lowest BCUT2D eigenvalue weighted by atomic mass is 10.0. The molecule has 0 heteroatoms. The van der Waals surface area contributed by atoms with Crippen molar-refractivity contribution in [3.63, 3.8) is 0 Å². The fourth-order valence-corrected chi connectivity index (χ4v) is 1.39. The first-order valence-electron chi connectivity index (χ1n) is 4.73. The van der Waals surface area contributed by atoms with Gasteiger partial charge >= 0.3 is 0 Å². The molecule has 0 nitrogen and oxygen atoms in total. The molecule has 14 heavy (non-hydrogen) atoms. The van der Waals surface area contributed by atoms with Crippen molar-refractivity contribution >= 4 is 5.57 Å². The first-order valence-corrected chi connectivity index (χ1v) is 4.73. The molecule has 0 saturated carbocycles. The third kappa shape index (κ3) is 1.93. The quantitative estimate of drug-likeness (QED) is 0.578. The first kappa shape index (κ1) is 8.80. The van der Waals surface area contributed by atoms with Crippen molar-refractivity contribution in [2.45, 2.75) is 6.92 Å². The average molecular weight is 180 g/mol. The smallest absolute Gasteiger partial charge is 0.0178 e. The van der Waals surface area contributed by atoms with Gasteiger partial charge in [-0.2, -0.15) is 0 Å². The van der Waals surface area contributed by atoms with Crippen molar-refractivity contribution in [3.05, 3.63) is 71.5 Å². The number of hydrogen-bond donors (Lipinski definition) is 0. The van der Waals surface area contributed by atoms with Crippen molar-refractivity contribution in [2.75, 3.05) is 0 Å². The van der Waals surface area contributed by atoms with Crippen LogP contribution in [0.25, 0.3) is 5.57 Å². The number of allylic oxidation sites excluding steroid dienone is 5. The topological polar surface area (TPSA) is 0 Å². The van der Waals surface area contributed by atoms with E-state index in [1.54, 1.807) is 0 Å². The van der Waals surface area contributed by atoms with Crippen LogP contribution in [0.4, 0.5) is 0 Å². The van der Waals surface area contributed by atoms with Crippen LogP contribution in [0.15, 0.2) is 60.4 Å². The van der Waals surface area contributed by atoms with Crippen molar-refractivity contribution in [3.8, 4) is 0 Å². The Morgan fingerprint density at radius 3 is 2.57 bits per heavy atom. The Morgan fingerprint density at radius 2 is 1.79 bits per heavy atom. The predicted octanol–water partition coefficient (Wildman–Crippen LogP) is 3.66. The molecule has 1 aliphatic rings. The van der Waals surface area contributed by atoms with Gasteiger partial charge in [-0.1, -0.05) is 42.0 Å². The molecule has 2 rings (SSSR count). The van der Waals surface area contributed by atoms with E-state index in [9.17, 15) is 0 Å². The molecule has 1 aliphatic carbocycles. The van der Waals surface area contributed by atoms with E-state index in [-0.39, 0.29) is 0 Å². The number of rotatable bonds is 1. The molecule has 0 saturated heterocycles. The zero-order chi connectivity index (χ0) is 9.80. The molecule has 0 N–H and O–H groups in total. The van der Waals surface area contributed by atoms with Gasteiger partial charge in [-0.25, -0.2) is 0 Å². The molecular formula is C14H12. The van der Waals surface area contributed by atoms with E-state index >= 15 is 0 Å². The fraction of sp³-hybridized carbons (Fsp3) is 0.0714. The number of benzene rings is 1. The van der Waals surface area contributed by atoms with Crippen LogP contribution < -0.4 is 0 Å². The number of hydrogen-bond acceptors (Lipinski definition) is 0. The molecule has 0 spiro atoms. The van der Waals surface area contributed by atoms with E-state index in [0.717, 1.165) is 0 Å². The van der Waals surface area contributed by atoms with E-state index in [4.69, 9.17) is 0 Å². The van der Waals surface area contributed by atoms with Gasteiger partial charge in [0.25, 0.3) is 0 Å². The van der Waals surface area contributed by atoms with Gasteiger partial charge in [0, 0.05) is 0 Å². The molecule has 0 heterocycles. The second-order valence-corrected chi connectivity index (χ2v) is 3.35. The van der Waals surface area contributed by atoms with Crippen molar-refractivity contribution in [2.24, 2.45) is 0 Å². The largest absolute Gasteiger partial charge is 0.121 e. The van der Waals surface area contributed by atoms with Crippen molar-refractivity contribution in [1.82, 2.24) is 0 Å². The fourth-order valence-electron chi connectivity index (χ4n) is 1.39. The van der Waals surface area contributed by atoms with Crippen LogP contribution in [-0.2, 0) is 0 Å². The van der Waals surface area contributed by atoms with Gasteiger partial charge in [-0.05, 0) is 36.3 Å². The maximum absolute atomic E-state index is 3.05. The summed E-state index contributed by atoms with van der Waals surface area (Å²) < 4.78 is 0. The molecule has 0 atom stereocenters. The number of aryl methyl sites for hydroxylation is 1. The van der Waals surface area contributed by atoms with Crippen LogP contribution in [0.2, 0.25) is 0 Å². The molecule has 68 valence electrons. The molecule has 1 aromatic rings. The zero-order valence-electron chi connectivity index (χ0n) is 8.20. The van der Waals surface area contributed by atoms with E-state index in [0.29, 0.717) is 0 Å². The highest BCUT2D eigenvalue weighted by Crippen LogP contribution is 2.17. The van der Waals surface area contributed by atoms with E-state index in [1.807, 2.05) is 18.2 Å². The molecule has 0 aliphatic heterocycles. The van der Waals surface area contributed by atoms with Gasteiger partial charge < -0.3 is 0 Å². The molecule has 0 radical (unpaired) electrons. The second-order valence-electron chi connectivity index (χ2n) is 3.35. The minimum absolute atomic E-state index is 1.23. The summed E-state index contributed by atoms with van der Waals surface area (Å²) in [6.07, 6.45) is 10.0. The van der Waals surface area contributed by atoms with Gasteiger partial charge in [-0.15, -0.1) is 5.73 Å². The van der Waals surface area contributed by atoms with Crippen molar-refractivity contribution in [1.29, 1.82) is 0 Å². The third-order valence-corrected chi connectivity index (χ3v) is 2.21. The monoisotopic (exact) mass is 180 g/mol. The van der Waals surface area contributed by atoms with E-state index in [1.165, 1.54) is 16.7 Å². The Balaban J connectivity index is 2.37. The summed E-state index contributed by atoms with van der Waals surface area (Å²) in [6.45, 7) is 2.10. The summed E-state index contributed by atoms with van der Waals surface area (Å²) in [6, 6.07) is 8.55. The lowest BCUT2D eigenvalue weighted by molar-refractivity contribution is 1.45. The minimum Gasteiger partial charge on any atom is -0.121 e. The summed E-state index contributed by atoms with van der Waals surface area (Å²) in [5, 5.41) is 0. The summed E-state index contributed by atoms with van der Waals surface area (Å²) in [4.78, 5) is 0. The van der Waals surface area contributed by atoms with Crippen molar-refractivity contribution < 1.29 is 0 Å². The second kappa shape index (κ2) is 3.95. The highest BCUT2D eigenvalue weighted by atomic mass is 14.0. The third-order valence-electron chi connectivity index (χ3n) is 2.21. The Hall–Kier alpha value is -1.78. The molecule has 0 aromatic heterocycles. The molecule has 0 amide bonds. The van der Waals surface area contributed by atoms with Gasteiger partial charge in [0.2, 0.25) is 0 Å².